The Labute approximate surface area is 100 Å². The Kier molecular flexibility index (Phi) is 4.73. The highest BCUT2D eigenvalue weighted by Gasteiger charge is 2.04. The molecule has 0 saturated heterocycles. The molecule has 17 heavy (non-hydrogen) atoms. The number of terminal acetylenes is 1. The topological polar surface area (TPSA) is 56.0 Å². The number of nitrogens with zero attached hydrogens (tertiary/aromatic N) is 2. The molecule has 0 aromatic carbocycles. The lowest BCUT2D eigenvalue weighted by Gasteiger charge is -2.09. The lowest BCUT2D eigenvalue weighted by molar-refractivity contribution is 0.592. The summed E-state index contributed by atoms with van der Waals surface area (Å²) < 4.78 is 2.55. The standard InChI is InChI=1S/C12H17N3O2/c1-4-5-6-7-13-9-10-8-11(16)15(3)12(17)14(10)2/h1,8,13H,5-7,9H2,2-3H3. The minimum absolute atomic E-state index is 0.284. The highest BCUT2D eigenvalue weighted by molar-refractivity contribution is 5.01. The number of nitrogens with one attached hydrogen (secondary N) is 1. The summed E-state index contributed by atoms with van der Waals surface area (Å²) in [7, 11) is 3.12. The van der Waals surface area contributed by atoms with Crippen molar-refractivity contribution in [1.29, 1.82) is 0 Å². The van der Waals surface area contributed by atoms with Crippen LogP contribution in [0.5, 0.6) is 0 Å². The van der Waals surface area contributed by atoms with E-state index in [1.165, 1.54) is 17.7 Å². The lowest BCUT2D eigenvalue weighted by atomic mass is 10.3. The van der Waals surface area contributed by atoms with Crippen molar-refractivity contribution in [3.8, 4) is 12.3 Å². The maximum Gasteiger partial charge on any atom is 0.330 e. The van der Waals surface area contributed by atoms with Crippen LogP contribution in [0.3, 0.4) is 0 Å². The quantitative estimate of drug-likeness (QED) is 0.557. The molecule has 0 fully saturated rings. The van der Waals surface area contributed by atoms with E-state index in [2.05, 4.69) is 11.2 Å². The second kappa shape index (κ2) is 6.06. The largest absolute Gasteiger partial charge is 0.330 e. The summed E-state index contributed by atoms with van der Waals surface area (Å²) in [6.45, 7) is 1.26. The second-order valence-corrected chi connectivity index (χ2v) is 3.86. The molecule has 0 aliphatic carbocycles. The van der Waals surface area contributed by atoms with Crippen LogP contribution in [0.4, 0.5) is 0 Å². The number of unbranched alkanes of at least 4 members (excludes halogenated alkanes) is 1. The fourth-order valence-corrected chi connectivity index (χ4v) is 1.48. The van der Waals surface area contributed by atoms with Crippen LogP contribution in [-0.4, -0.2) is 15.7 Å². The van der Waals surface area contributed by atoms with Crippen molar-refractivity contribution < 1.29 is 0 Å². The first-order valence-electron chi connectivity index (χ1n) is 5.48. The van der Waals surface area contributed by atoms with Gasteiger partial charge in [0, 0.05) is 38.8 Å². The van der Waals surface area contributed by atoms with Crippen LogP contribution in [0, 0.1) is 12.3 Å². The molecule has 0 saturated carbocycles. The van der Waals surface area contributed by atoms with Crippen molar-refractivity contribution in [3.05, 3.63) is 32.6 Å². The molecule has 0 aliphatic heterocycles. The third-order valence-corrected chi connectivity index (χ3v) is 2.61. The third-order valence-electron chi connectivity index (χ3n) is 2.61. The number of aromatic nitrogens is 2. The molecule has 0 radical (unpaired) electrons. The van der Waals surface area contributed by atoms with Gasteiger partial charge in [-0.15, -0.1) is 12.3 Å². The van der Waals surface area contributed by atoms with E-state index in [9.17, 15) is 9.59 Å². The summed E-state index contributed by atoms with van der Waals surface area (Å²) >= 11 is 0. The van der Waals surface area contributed by atoms with Gasteiger partial charge in [0.15, 0.2) is 0 Å². The highest BCUT2D eigenvalue weighted by atomic mass is 16.2. The highest BCUT2D eigenvalue weighted by Crippen LogP contribution is 1.91. The van der Waals surface area contributed by atoms with Gasteiger partial charge in [0.05, 0.1) is 0 Å². The Morgan fingerprint density at radius 3 is 2.71 bits per heavy atom. The van der Waals surface area contributed by atoms with Crippen molar-refractivity contribution in [2.45, 2.75) is 19.4 Å². The Morgan fingerprint density at radius 2 is 2.06 bits per heavy atom. The molecule has 0 spiro atoms. The lowest BCUT2D eigenvalue weighted by Crippen LogP contribution is -2.39. The Morgan fingerprint density at radius 1 is 1.35 bits per heavy atom. The molecule has 5 heteroatoms. The third kappa shape index (κ3) is 3.33. The van der Waals surface area contributed by atoms with E-state index in [1.54, 1.807) is 7.05 Å². The first kappa shape index (κ1) is 13.3. The predicted molar refractivity (Wildman–Crippen MR) is 66.7 cm³/mol. The molecular formula is C12H17N3O2. The summed E-state index contributed by atoms with van der Waals surface area (Å²) in [6.07, 6.45) is 6.74. The van der Waals surface area contributed by atoms with Crippen LogP contribution < -0.4 is 16.6 Å². The molecule has 0 atom stereocenters. The number of hydrogen-bond donors (Lipinski definition) is 1. The minimum Gasteiger partial charge on any atom is -0.311 e. The summed E-state index contributed by atoms with van der Waals surface area (Å²) in [4.78, 5) is 23.1. The van der Waals surface area contributed by atoms with E-state index in [-0.39, 0.29) is 11.2 Å². The number of hydrogen-bond acceptors (Lipinski definition) is 3. The van der Waals surface area contributed by atoms with Gasteiger partial charge in [-0.05, 0) is 13.0 Å². The maximum atomic E-state index is 11.6. The maximum absolute atomic E-state index is 11.6. The van der Waals surface area contributed by atoms with Crippen molar-refractivity contribution in [2.75, 3.05) is 6.54 Å². The van der Waals surface area contributed by atoms with E-state index in [0.717, 1.165) is 24.0 Å². The molecule has 92 valence electrons. The van der Waals surface area contributed by atoms with Crippen LogP contribution >= 0.6 is 0 Å². The summed E-state index contributed by atoms with van der Waals surface area (Å²) in [5.41, 5.74) is 0.0882. The average molecular weight is 235 g/mol. The normalized spacial score (nSPS) is 10.2. The van der Waals surface area contributed by atoms with Crippen LogP contribution in [0.1, 0.15) is 18.5 Å². The molecule has 5 nitrogen and oxygen atoms in total. The Bertz CT molecular complexity index is 534. The summed E-state index contributed by atoms with van der Waals surface area (Å²) in [5.74, 6) is 2.55. The van der Waals surface area contributed by atoms with Gasteiger partial charge in [0.2, 0.25) is 0 Å². The van der Waals surface area contributed by atoms with Gasteiger partial charge in [-0.1, -0.05) is 0 Å². The first-order valence-corrected chi connectivity index (χ1v) is 5.48. The molecule has 1 aromatic heterocycles. The number of rotatable bonds is 5. The monoisotopic (exact) mass is 235 g/mol. The van der Waals surface area contributed by atoms with Gasteiger partial charge >= 0.3 is 5.69 Å². The van der Waals surface area contributed by atoms with Gasteiger partial charge in [-0.25, -0.2) is 4.79 Å². The molecule has 0 unspecified atom stereocenters. The van der Waals surface area contributed by atoms with Crippen LogP contribution in [0.25, 0.3) is 0 Å². The van der Waals surface area contributed by atoms with Crippen molar-refractivity contribution in [1.82, 2.24) is 14.5 Å². The van der Waals surface area contributed by atoms with Gasteiger partial charge < -0.3 is 5.32 Å². The van der Waals surface area contributed by atoms with Gasteiger partial charge in [0.25, 0.3) is 5.56 Å². The zero-order chi connectivity index (χ0) is 12.8. The van der Waals surface area contributed by atoms with Crippen LogP contribution in [0.2, 0.25) is 0 Å². The predicted octanol–water partition coefficient (Wildman–Crippen LogP) is -0.413. The van der Waals surface area contributed by atoms with E-state index in [4.69, 9.17) is 6.42 Å². The smallest absolute Gasteiger partial charge is 0.311 e. The molecular weight excluding hydrogens is 218 g/mol. The van der Waals surface area contributed by atoms with Gasteiger partial charge in [0.1, 0.15) is 0 Å². The van der Waals surface area contributed by atoms with Crippen LogP contribution in [0.15, 0.2) is 15.7 Å². The second-order valence-electron chi connectivity index (χ2n) is 3.86. The Balaban J connectivity index is 2.70. The molecule has 1 aromatic rings. The Hall–Kier alpha value is -1.80. The molecule has 0 bridgehead atoms. The van der Waals surface area contributed by atoms with Crippen molar-refractivity contribution in [3.63, 3.8) is 0 Å². The van der Waals surface area contributed by atoms with E-state index in [1.807, 2.05) is 0 Å². The van der Waals surface area contributed by atoms with E-state index >= 15 is 0 Å². The minimum atomic E-state index is -0.307. The SMILES string of the molecule is C#CCCCNCc1cc(=O)n(C)c(=O)n1C. The summed E-state index contributed by atoms with van der Waals surface area (Å²) in [5, 5.41) is 3.15. The molecule has 0 aliphatic rings. The zero-order valence-electron chi connectivity index (χ0n) is 10.2. The van der Waals surface area contributed by atoms with Crippen molar-refractivity contribution >= 4 is 0 Å². The van der Waals surface area contributed by atoms with E-state index < -0.39 is 0 Å². The van der Waals surface area contributed by atoms with E-state index in [0.29, 0.717) is 12.2 Å². The molecule has 1 rings (SSSR count). The fraction of sp³-hybridized carbons (Fsp3) is 0.500. The van der Waals surface area contributed by atoms with Crippen LogP contribution in [-0.2, 0) is 20.6 Å². The molecule has 0 amide bonds. The van der Waals surface area contributed by atoms with Gasteiger partial charge in [-0.2, -0.15) is 0 Å². The zero-order valence-corrected chi connectivity index (χ0v) is 10.2. The van der Waals surface area contributed by atoms with Gasteiger partial charge in [-0.3, -0.25) is 13.9 Å². The molecule has 1 N–H and O–H groups in total. The first-order chi connectivity index (χ1) is 8.07. The summed E-state index contributed by atoms with van der Waals surface area (Å²) in [6, 6.07) is 1.47. The van der Waals surface area contributed by atoms with Crippen molar-refractivity contribution in [2.24, 2.45) is 14.1 Å². The molecule has 1 heterocycles. The average Bonchev–Trinajstić information content (AvgIpc) is 2.32. The fourth-order valence-electron chi connectivity index (χ4n) is 1.48.